The molecular weight excluding hydrogens is 558 g/mol. The summed E-state index contributed by atoms with van der Waals surface area (Å²) < 4.78 is 13.5. The fourth-order valence-corrected chi connectivity index (χ4v) is 5.73. The molecule has 188 valence electrons. The number of para-hydroxylation sites is 1. The maximum atomic E-state index is 6.51. The summed E-state index contributed by atoms with van der Waals surface area (Å²) in [6.45, 7) is 2.07. The normalized spacial score (nSPS) is 16.9. The zero-order valence-electron chi connectivity index (χ0n) is 20.5. The zero-order valence-corrected chi connectivity index (χ0v) is 22.9. The van der Waals surface area contributed by atoms with Gasteiger partial charge < -0.3 is 19.4 Å². The Morgan fingerprint density at radius 3 is 2.39 bits per heavy atom. The number of ether oxygens (including phenoxy) is 1. The summed E-state index contributed by atoms with van der Waals surface area (Å²) in [6, 6.07) is 33.4. The van der Waals surface area contributed by atoms with Crippen LogP contribution in [-0.2, 0) is 0 Å². The highest BCUT2D eigenvalue weighted by atomic mass is 79.9. The van der Waals surface area contributed by atoms with Crippen molar-refractivity contribution in [2.45, 2.75) is 19.0 Å². The number of rotatable bonds is 6. The SMILES string of the molecule is Cc1ccc(-c2ccc([C@@H]3[C@@H](c4ccccn4)NC(=S)N3c3ccc(Oc4ccccc4)cc3)o2)c(Br)c1. The van der Waals surface area contributed by atoms with Crippen LogP contribution in [0.4, 0.5) is 5.69 Å². The number of hydrogen-bond acceptors (Lipinski definition) is 4. The summed E-state index contributed by atoms with van der Waals surface area (Å²) in [7, 11) is 0. The van der Waals surface area contributed by atoms with E-state index < -0.39 is 0 Å². The monoisotopic (exact) mass is 581 g/mol. The third kappa shape index (κ3) is 4.83. The van der Waals surface area contributed by atoms with Gasteiger partial charge in [-0.05, 0) is 97.5 Å². The summed E-state index contributed by atoms with van der Waals surface area (Å²) in [5.41, 5.74) is 4.00. The molecule has 1 saturated heterocycles. The fraction of sp³-hybridized carbons (Fsp3) is 0.0968. The molecule has 0 aliphatic carbocycles. The number of thiocarbonyl (C=S) groups is 1. The van der Waals surface area contributed by atoms with E-state index in [4.69, 9.17) is 21.4 Å². The number of aryl methyl sites for hydroxylation is 1. The third-order valence-electron chi connectivity index (χ3n) is 6.50. The lowest BCUT2D eigenvalue weighted by Crippen LogP contribution is -2.29. The van der Waals surface area contributed by atoms with Gasteiger partial charge >= 0.3 is 0 Å². The maximum absolute atomic E-state index is 6.51. The summed E-state index contributed by atoms with van der Waals surface area (Å²) in [4.78, 5) is 6.72. The van der Waals surface area contributed by atoms with Gasteiger partial charge in [0.05, 0.1) is 11.7 Å². The molecule has 6 rings (SSSR count). The van der Waals surface area contributed by atoms with Gasteiger partial charge in [0.15, 0.2) is 5.11 Å². The predicted octanol–water partition coefficient (Wildman–Crippen LogP) is 8.38. The van der Waals surface area contributed by atoms with Crippen LogP contribution in [0.3, 0.4) is 0 Å². The van der Waals surface area contributed by atoms with E-state index in [1.165, 1.54) is 5.56 Å². The van der Waals surface area contributed by atoms with Crippen LogP contribution >= 0.6 is 28.1 Å². The average molecular weight is 583 g/mol. The first-order valence-corrected chi connectivity index (χ1v) is 13.5. The first-order chi connectivity index (χ1) is 18.6. The second-order valence-corrected chi connectivity index (χ2v) is 10.3. The number of halogens is 1. The van der Waals surface area contributed by atoms with Gasteiger partial charge in [-0.15, -0.1) is 0 Å². The van der Waals surface area contributed by atoms with Gasteiger partial charge in [0.2, 0.25) is 0 Å². The highest BCUT2D eigenvalue weighted by Gasteiger charge is 2.42. The number of pyridine rings is 1. The molecule has 0 spiro atoms. The predicted molar refractivity (Wildman–Crippen MR) is 157 cm³/mol. The van der Waals surface area contributed by atoms with Crippen molar-refractivity contribution in [1.29, 1.82) is 0 Å². The molecule has 0 radical (unpaired) electrons. The van der Waals surface area contributed by atoms with Crippen molar-refractivity contribution in [2.75, 3.05) is 4.90 Å². The molecule has 3 heterocycles. The first kappa shape index (κ1) is 24.4. The van der Waals surface area contributed by atoms with Crippen molar-refractivity contribution in [3.8, 4) is 22.8 Å². The molecule has 7 heteroatoms. The molecule has 0 amide bonds. The number of hydrogen-bond donors (Lipinski definition) is 1. The van der Waals surface area contributed by atoms with Crippen LogP contribution in [0.15, 0.2) is 118 Å². The standard InChI is InChI=1S/C31H24BrN3O2S/c1-20-10-15-24(25(32)19-20)27-16-17-28(37-27)30-29(26-9-5-6-18-33-26)34-31(38)35(30)21-11-13-23(14-12-21)36-22-7-3-2-4-8-22/h2-19,29-30H,1H3,(H,34,38)/t29-,30-/m1/s1. The molecule has 0 unspecified atom stereocenters. The maximum Gasteiger partial charge on any atom is 0.174 e. The first-order valence-electron chi connectivity index (χ1n) is 12.3. The molecule has 1 N–H and O–H groups in total. The largest absolute Gasteiger partial charge is 0.459 e. The number of anilines is 1. The summed E-state index contributed by atoms with van der Waals surface area (Å²) in [5.74, 6) is 3.12. The lowest BCUT2D eigenvalue weighted by Gasteiger charge is -2.26. The van der Waals surface area contributed by atoms with Gasteiger partial charge in [-0.25, -0.2) is 0 Å². The molecule has 3 aromatic carbocycles. The Kier molecular flexibility index (Phi) is 6.70. The number of nitrogens with zero attached hydrogens (tertiary/aromatic N) is 2. The van der Waals surface area contributed by atoms with Gasteiger partial charge in [-0.2, -0.15) is 0 Å². The Morgan fingerprint density at radius 1 is 0.895 bits per heavy atom. The molecule has 0 bridgehead atoms. The molecule has 5 aromatic rings. The highest BCUT2D eigenvalue weighted by Crippen LogP contribution is 2.44. The van der Waals surface area contributed by atoms with E-state index in [2.05, 4.69) is 56.3 Å². The topological polar surface area (TPSA) is 50.5 Å². The van der Waals surface area contributed by atoms with Gasteiger partial charge in [0.1, 0.15) is 29.1 Å². The van der Waals surface area contributed by atoms with E-state index in [0.29, 0.717) is 5.11 Å². The van der Waals surface area contributed by atoms with Crippen LogP contribution in [0.5, 0.6) is 11.5 Å². The van der Waals surface area contributed by atoms with Crippen molar-refractivity contribution in [3.63, 3.8) is 0 Å². The fourth-order valence-electron chi connectivity index (χ4n) is 4.70. The van der Waals surface area contributed by atoms with E-state index >= 15 is 0 Å². The smallest absolute Gasteiger partial charge is 0.174 e. The Bertz CT molecular complexity index is 1570. The van der Waals surface area contributed by atoms with Crippen molar-refractivity contribution < 1.29 is 9.15 Å². The number of furan rings is 1. The van der Waals surface area contributed by atoms with Crippen LogP contribution in [-0.4, -0.2) is 10.1 Å². The van der Waals surface area contributed by atoms with Gasteiger partial charge in [0, 0.05) is 21.9 Å². The highest BCUT2D eigenvalue weighted by molar-refractivity contribution is 9.10. The van der Waals surface area contributed by atoms with Gasteiger partial charge in [-0.1, -0.05) is 46.3 Å². The van der Waals surface area contributed by atoms with Gasteiger partial charge in [-0.3, -0.25) is 4.98 Å². The van der Waals surface area contributed by atoms with Crippen molar-refractivity contribution in [2.24, 2.45) is 0 Å². The second-order valence-electron chi connectivity index (χ2n) is 9.09. The van der Waals surface area contributed by atoms with Crippen LogP contribution in [0.1, 0.15) is 29.1 Å². The quantitative estimate of drug-likeness (QED) is 0.203. The molecule has 1 fully saturated rings. The van der Waals surface area contributed by atoms with Crippen LogP contribution in [0.25, 0.3) is 11.3 Å². The molecule has 5 nitrogen and oxygen atoms in total. The third-order valence-corrected chi connectivity index (χ3v) is 7.47. The Labute approximate surface area is 235 Å². The van der Waals surface area contributed by atoms with Crippen LogP contribution in [0, 0.1) is 6.92 Å². The number of benzene rings is 3. The Hall–Kier alpha value is -3.94. The van der Waals surface area contributed by atoms with E-state index in [9.17, 15) is 0 Å². The lowest BCUT2D eigenvalue weighted by atomic mass is 10.0. The Morgan fingerprint density at radius 2 is 1.66 bits per heavy atom. The molecule has 0 saturated carbocycles. The molecule has 2 aromatic heterocycles. The molecule has 1 aliphatic rings. The van der Waals surface area contributed by atoms with Crippen LogP contribution in [0.2, 0.25) is 0 Å². The van der Waals surface area contributed by atoms with E-state index in [1.807, 2.05) is 84.9 Å². The molecule has 38 heavy (non-hydrogen) atoms. The van der Waals surface area contributed by atoms with Crippen molar-refractivity contribution in [1.82, 2.24) is 10.3 Å². The summed E-state index contributed by atoms with van der Waals surface area (Å²) in [5, 5.41) is 4.09. The van der Waals surface area contributed by atoms with E-state index in [0.717, 1.165) is 44.4 Å². The van der Waals surface area contributed by atoms with E-state index in [1.54, 1.807) is 6.20 Å². The number of nitrogens with one attached hydrogen (secondary N) is 1. The minimum atomic E-state index is -0.240. The molecular formula is C31H24BrN3O2S. The zero-order chi connectivity index (χ0) is 26.1. The Balaban J connectivity index is 1.37. The minimum Gasteiger partial charge on any atom is -0.459 e. The lowest BCUT2D eigenvalue weighted by molar-refractivity contribution is 0.439. The van der Waals surface area contributed by atoms with Crippen molar-refractivity contribution >= 4 is 38.9 Å². The van der Waals surface area contributed by atoms with E-state index in [-0.39, 0.29) is 12.1 Å². The molecule has 1 aliphatic heterocycles. The molecule has 2 atom stereocenters. The number of aromatic nitrogens is 1. The van der Waals surface area contributed by atoms with Crippen LogP contribution < -0.4 is 15.0 Å². The minimum absolute atomic E-state index is 0.190. The summed E-state index contributed by atoms with van der Waals surface area (Å²) >= 11 is 9.54. The summed E-state index contributed by atoms with van der Waals surface area (Å²) in [6.07, 6.45) is 1.80. The second kappa shape index (κ2) is 10.4. The average Bonchev–Trinajstić information content (AvgIpc) is 3.55. The van der Waals surface area contributed by atoms with Crippen molar-refractivity contribution in [3.05, 3.63) is 131 Å². The van der Waals surface area contributed by atoms with Gasteiger partial charge in [0.25, 0.3) is 0 Å².